The highest BCUT2D eigenvalue weighted by atomic mass is 19.1. The van der Waals surface area contributed by atoms with Crippen LogP contribution in [-0.2, 0) is 4.74 Å². The Morgan fingerprint density at radius 2 is 1.88 bits per heavy atom. The van der Waals surface area contributed by atoms with E-state index in [1.54, 1.807) is 42.5 Å². The third-order valence-electron chi connectivity index (χ3n) is 4.06. The first-order valence-corrected chi connectivity index (χ1v) is 8.03. The van der Waals surface area contributed by atoms with Crippen molar-refractivity contribution >= 4 is 17.5 Å². The third-order valence-corrected chi connectivity index (χ3v) is 4.06. The van der Waals surface area contributed by atoms with Crippen molar-refractivity contribution in [3.8, 4) is 6.07 Å². The van der Waals surface area contributed by atoms with Crippen molar-refractivity contribution in [2.24, 2.45) is 0 Å². The predicted molar refractivity (Wildman–Crippen MR) is 94.0 cm³/mol. The van der Waals surface area contributed by atoms with Crippen LogP contribution in [0.4, 0.5) is 10.1 Å². The molecule has 0 radical (unpaired) electrons. The molecule has 5 heteroatoms. The minimum Gasteiger partial charge on any atom is -0.378 e. The molecule has 1 aliphatic rings. The lowest BCUT2D eigenvalue weighted by Gasteiger charge is -2.30. The SMILES string of the molecule is N#Cc1ccc(C=CC(=O)c2c(F)cccc2N2CCOCC2)cc1. The number of carbonyl (C=O) groups is 1. The topological polar surface area (TPSA) is 53.3 Å². The lowest BCUT2D eigenvalue weighted by Crippen LogP contribution is -2.37. The Morgan fingerprint density at radius 3 is 2.56 bits per heavy atom. The number of ether oxygens (including phenoxy) is 1. The van der Waals surface area contributed by atoms with E-state index in [-0.39, 0.29) is 11.3 Å². The molecule has 0 saturated carbocycles. The highest BCUT2D eigenvalue weighted by Crippen LogP contribution is 2.25. The Bertz CT molecular complexity index is 832. The van der Waals surface area contributed by atoms with E-state index in [1.807, 2.05) is 11.0 Å². The minimum absolute atomic E-state index is 0.0781. The van der Waals surface area contributed by atoms with Crippen molar-refractivity contribution in [3.05, 3.63) is 71.0 Å². The second-order valence-electron chi connectivity index (χ2n) is 5.66. The normalized spacial score (nSPS) is 14.5. The molecule has 0 spiro atoms. The number of nitrogens with zero attached hydrogens (tertiary/aromatic N) is 2. The van der Waals surface area contributed by atoms with Gasteiger partial charge in [-0.2, -0.15) is 5.26 Å². The van der Waals surface area contributed by atoms with E-state index < -0.39 is 5.82 Å². The number of halogens is 1. The van der Waals surface area contributed by atoms with E-state index in [1.165, 1.54) is 12.1 Å². The largest absolute Gasteiger partial charge is 0.378 e. The molecule has 1 saturated heterocycles. The third kappa shape index (κ3) is 3.93. The summed E-state index contributed by atoms with van der Waals surface area (Å²) in [6, 6.07) is 13.5. The van der Waals surface area contributed by atoms with Crippen LogP contribution in [0, 0.1) is 17.1 Å². The zero-order chi connectivity index (χ0) is 17.6. The summed E-state index contributed by atoms with van der Waals surface area (Å²) >= 11 is 0. The molecule has 126 valence electrons. The number of hydrogen-bond acceptors (Lipinski definition) is 4. The fraction of sp³-hybridized carbons (Fsp3) is 0.200. The van der Waals surface area contributed by atoms with Crippen LogP contribution in [0.3, 0.4) is 0 Å². The van der Waals surface area contributed by atoms with Gasteiger partial charge in [-0.1, -0.05) is 24.3 Å². The zero-order valence-electron chi connectivity index (χ0n) is 13.6. The first kappa shape index (κ1) is 16.9. The van der Waals surface area contributed by atoms with E-state index in [4.69, 9.17) is 10.00 Å². The van der Waals surface area contributed by atoms with Gasteiger partial charge in [0.2, 0.25) is 0 Å². The number of ketones is 1. The maximum atomic E-state index is 14.3. The summed E-state index contributed by atoms with van der Waals surface area (Å²) < 4.78 is 19.7. The summed E-state index contributed by atoms with van der Waals surface area (Å²) in [5.74, 6) is -0.914. The Balaban J connectivity index is 1.85. The van der Waals surface area contributed by atoms with Crippen LogP contribution in [0.25, 0.3) is 6.08 Å². The van der Waals surface area contributed by atoms with Crippen LogP contribution >= 0.6 is 0 Å². The van der Waals surface area contributed by atoms with Gasteiger partial charge in [0.25, 0.3) is 0 Å². The predicted octanol–water partition coefficient (Wildman–Crippen LogP) is 3.43. The van der Waals surface area contributed by atoms with E-state index in [0.717, 1.165) is 5.56 Å². The summed E-state index contributed by atoms with van der Waals surface area (Å²) in [7, 11) is 0. The highest BCUT2D eigenvalue weighted by molar-refractivity contribution is 6.10. The second-order valence-corrected chi connectivity index (χ2v) is 5.66. The monoisotopic (exact) mass is 336 g/mol. The van der Waals surface area contributed by atoms with Gasteiger partial charge >= 0.3 is 0 Å². The average Bonchev–Trinajstić information content (AvgIpc) is 2.67. The number of morpholine rings is 1. The molecule has 1 fully saturated rings. The second kappa shape index (κ2) is 7.73. The van der Waals surface area contributed by atoms with Gasteiger partial charge in [0.15, 0.2) is 5.78 Å². The number of nitriles is 1. The van der Waals surface area contributed by atoms with Crippen LogP contribution in [0.15, 0.2) is 48.5 Å². The molecule has 3 rings (SSSR count). The van der Waals surface area contributed by atoms with Crippen molar-refractivity contribution in [2.75, 3.05) is 31.2 Å². The maximum absolute atomic E-state index is 14.3. The molecular weight excluding hydrogens is 319 g/mol. The van der Waals surface area contributed by atoms with Gasteiger partial charge in [-0.25, -0.2) is 4.39 Å². The first-order chi connectivity index (χ1) is 12.2. The molecule has 0 aliphatic carbocycles. The molecule has 0 bridgehead atoms. The molecule has 1 heterocycles. The number of rotatable bonds is 4. The van der Waals surface area contributed by atoms with Crippen molar-refractivity contribution in [2.45, 2.75) is 0 Å². The maximum Gasteiger partial charge on any atom is 0.190 e. The first-order valence-electron chi connectivity index (χ1n) is 8.03. The molecule has 25 heavy (non-hydrogen) atoms. The molecule has 2 aromatic carbocycles. The smallest absolute Gasteiger partial charge is 0.190 e. The van der Waals surface area contributed by atoms with Crippen LogP contribution in [0.1, 0.15) is 21.5 Å². The van der Waals surface area contributed by atoms with Crippen LogP contribution < -0.4 is 4.90 Å². The summed E-state index contributed by atoms with van der Waals surface area (Å²) in [5, 5.41) is 8.80. The summed E-state index contributed by atoms with van der Waals surface area (Å²) in [4.78, 5) is 14.6. The Kier molecular flexibility index (Phi) is 5.22. The molecule has 0 unspecified atom stereocenters. The molecule has 0 aromatic heterocycles. The minimum atomic E-state index is -0.529. The van der Waals surface area contributed by atoms with E-state index in [0.29, 0.717) is 37.6 Å². The van der Waals surface area contributed by atoms with Crippen LogP contribution in [0.5, 0.6) is 0 Å². The summed E-state index contributed by atoms with van der Waals surface area (Å²) in [5.41, 5.74) is 2.00. The van der Waals surface area contributed by atoms with Gasteiger partial charge in [-0.3, -0.25) is 4.79 Å². The van der Waals surface area contributed by atoms with Crippen LogP contribution in [0.2, 0.25) is 0 Å². The lowest BCUT2D eigenvalue weighted by atomic mass is 10.0. The number of anilines is 1. The standard InChI is InChI=1S/C20H17FN2O2/c21-17-2-1-3-18(23-10-12-25-13-11-23)20(17)19(24)9-8-15-4-6-16(14-22)7-5-15/h1-9H,10-13H2. The van der Waals surface area contributed by atoms with Crippen molar-refractivity contribution in [1.82, 2.24) is 0 Å². The fourth-order valence-corrected chi connectivity index (χ4v) is 2.75. The molecule has 2 aromatic rings. The van der Waals surface area contributed by atoms with Crippen molar-refractivity contribution < 1.29 is 13.9 Å². The summed E-state index contributed by atoms with van der Waals surface area (Å²) in [6.45, 7) is 2.38. The lowest BCUT2D eigenvalue weighted by molar-refractivity contribution is 0.104. The van der Waals surface area contributed by atoms with E-state index in [2.05, 4.69) is 0 Å². The summed E-state index contributed by atoms with van der Waals surface area (Å²) in [6.07, 6.45) is 2.99. The molecule has 1 aliphatic heterocycles. The molecule has 0 N–H and O–H groups in total. The Morgan fingerprint density at radius 1 is 1.16 bits per heavy atom. The molecule has 0 amide bonds. The van der Waals surface area contributed by atoms with E-state index >= 15 is 0 Å². The van der Waals surface area contributed by atoms with Gasteiger partial charge in [-0.15, -0.1) is 0 Å². The number of allylic oxidation sites excluding steroid dienone is 1. The van der Waals surface area contributed by atoms with Crippen LogP contribution in [-0.4, -0.2) is 32.1 Å². The van der Waals surface area contributed by atoms with Gasteiger partial charge in [0, 0.05) is 13.1 Å². The zero-order valence-corrected chi connectivity index (χ0v) is 13.6. The quantitative estimate of drug-likeness (QED) is 0.634. The Labute approximate surface area is 145 Å². The Hall–Kier alpha value is -2.97. The van der Waals surface area contributed by atoms with Gasteiger partial charge in [0.1, 0.15) is 5.82 Å². The van der Waals surface area contributed by atoms with Crippen molar-refractivity contribution in [1.29, 1.82) is 5.26 Å². The van der Waals surface area contributed by atoms with E-state index in [9.17, 15) is 9.18 Å². The number of benzene rings is 2. The van der Waals surface area contributed by atoms with Gasteiger partial charge in [-0.05, 0) is 35.9 Å². The van der Waals surface area contributed by atoms with Crippen molar-refractivity contribution in [3.63, 3.8) is 0 Å². The van der Waals surface area contributed by atoms with Gasteiger partial charge < -0.3 is 9.64 Å². The highest BCUT2D eigenvalue weighted by Gasteiger charge is 2.20. The molecular formula is C20H17FN2O2. The fourth-order valence-electron chi connectivity index (χ4n) is 2.75. The molecule has 4 nitrogen and oxygen atoms in total. The molecule has 0 atom stereocenters. The number of carbonyl (C=O) groups excluding carboxylic acids is 1. The van der Waals surface area contributed by atoms with Gasteiger partial charge in [0.05, 0.1) is 36.1 Å². The number of hydrogen-bond donors (Lipinski definition) is 0. The average molecular weight is 336 g/mol.